The summed E-state index contributed by atoms with van der Waals surface area (Å²) in [5.41, 5.74) is 7.99. The molecule has 0 aromatic heterocycles. The second kappa shape index (κ2) is 10.6. The van der Waals surface area contributed by atoms with E-state index in [0.717, 1.165) is 37.4 Å². The molecule has 1 N–H and O–H groups in total. The van der Waals surface area contributed by atoms with Gasteiger partial charge < -0.3 is 14.8 Å². The highest BCUT2D eigenvalue weighted by Gasteiger charge is 2.43. The van der Waals surface area contributed by atoms with E-state index in [1.54, 1.807) is 14.2 Å². The minimum absolute atomic E-state index is 0.306. The van der Waals surface area contributed by atoms with Crippen molar-refractivity contribution in [3.05, 3.63) is 94.5 Å². The fourth-order valence-corrected chi connectivity index (χ4v) is 8.00. The number of rotatable bonds is 4. The average molecular weight is 525 g/mol. The van der Waals surface area contributed by atoms with E-state index in [-0.39, 0.29) is 0 Å². The van der Waals surface area contributed by atoms with Gasteiger partial charge in [0.25, 0.3) is 0 Å². The van der Waals surface area contributed by atoms with Gasteiger partial charge in [0.1, 0.15) is 11.5 Å². The van der Waals surface area contributed by atoms with Gasteiger partial charge in [-0.1, -0.05) is 68.4 Å². The Bertz CT molecular complexity index is 1310. The molecule has 4 aliphatic rings. The van der Waals surface area contributed by atoms with Crippen molar-refractivity contribution >= 4 is 0 Å². The van der Waals surface area contributed by atoms with Gasteiger partial charge in [0.15, 0.2) is 0 Å². The molecule has 4 nitrogen and oxygen atoms in total. The van der Waals surface area contributed by atoms with Crippen molar-refractivity contribution in [2.45, 2.75) is 81.8 Å². The highest BCUT2D eigenvalue weighted by atomic mass is 16.5. The number of likely N-dealkylation sites (tertiary alicyclic amines) is 1. The quantitative estimate of drug-likeness (QED) is 0.426. The van der Waals surface area contributed by atoms with Crippen LogP contribution in [0.4, 0.5) is 0 Å². The molecule has 39 heavy (non-hydrogen) atoms. The van der Waals surface area contributed by atoms with Gasteiger partial charge in [0.2, 0.25) is 0 Å². The van der Waals surface area contributed by atoms with Gasteiger partial charge in [0.05, 0.1) is 14.2 Å². The molecule has 4 atom stereocenters. The molecule has 3 aromatic carbocycles. The SMILES string of the molecule is COc1cccc2c1CC1CC2(C)CCN1.COc1cccc2c1CC1CC2(C)CCN1Cc1ccccc1. The van der Waals surface area contributed by atoms with E-state index < -0.39 is 0 Å². The lowest BCUT2D eigenvalue weighted by Gasteiger charge is -2.50. The third kappa shape index (κ3) is 4.98. The number of benzene rings is 3. The van der Waals surface area contributed by atoms with Crippen LogP contribution in [0.5, 0.6) is 11.5 Å². The van der Waals surface area contributed by atoms with E-state index >= 15 is 0 Å². The first-order chi connectivity index (χ1) is 18.9. The summed E-state index contributed by atoms with van der Waals surface area (Å²) in [6.45, 7) is 8.24. The highest BCUT2D eigenvalue weighted by molar-refractivity contribution is 5.48. The predicted molar refractivity (Wildman–Crippen MR) is 159 cm³/mol. The standard InChI is InChI=1S/C21H25NO.C14H19NO/c1-21-11-12-22(15-16-7-4-3-5-8-16)17(14-21)13-18-19(21)9-6-10-20(18)23-2;1-14-6-7-15-10(9-14)8-11-12(14)4-3-5-13(11)16-2/h3-10,17H,11-15H2,1-2H3;3-5,10,15H,6-9H2,1-2H3. The zero-order valence-electron chi connectivity index (χ0n) is 24.1. The van der Waals surface area contributed by atoms with Crippen molar-refractivity contribution in [3.8, 4) is 11.5 Å². The van der Waals surface area contributed by atoms with Crippen molar-refractivity contribution in [3.63, 3.8) is 0 Å². The van der Waals surface area contributed by atoms with Crippen LogP contribution in [0.25, 0.3) is 0 Å². The summed E-state index contributed by atoms with van der Waals surface area (Å²) in [5.74, 6) is 2.14. The average Bonchev–Trinajstić information content (AvgIpc) is 2.95. The van der Waals surface area contributed by atoms with Gasteiger partial charge in [-0.3, -0.25) is 4.90 Å². The Morgan fingerprint density at radius 1 is 0.769 bits per heavy atom. The number of ether oxygens (including phenoxy) is 2. The summed E-state index contributed by atoms with van der Waals surface area (Å²) in [5, 5.41) is 3.61. The van der Waals surface area contributed by atoms with Gasteiger partial charge in [-0.15, -0.1) is 0 Å². The van der Waals surface area contributed by atoms with Crippen LogP contribution in [0, 0.1) is 0 Å². The van der Waals surface area contributed by atoms with E-state index in [1.165, 1.54) is 60.0 Å². The number of nitrogens with zero attached hydrogens (tertiary/aromatic N) is 1. The highest BCUT2D eigenvalue weighted by Crippen LogP contribution is 2.47. The van der Waals surface area contributed by atoms with Gasteiger partial charge in [0, 0.05) is 18.6 Å². The molecule has 2 heterocycles. The molecule has 2 saturated heterocycles. The lowest BCUT2D eigenvalue weighted by Crippen LogP contribution is -2.51. The Morgan fingerprint density at radius 2 is 1.41 bits per heavy atom. The van der Waals surface area contributed by atoms with Crippen LogP contribution < -0.4 is 14.8 Å². The maximum atomic E-state index is 5.66. The fourth-order valence-electron chi connectivity index (χ4n) is 8.00. The molecule has 2 fully saturated rings. The summed E-state index contributed by atoms with van der Waals surface area (Å²) in [4.78, 5) is 2.67. The molecule has 3 aromatic rings. The van der Waals surface area contributed by atoms with Crippen LogP contribution in [-0.4, -0.2) is 44.3 Å². The fraction of sp³-hybridized carbons (Fsp3) is 0.486. The molecule has 0 spiro atoms. The molecule has 4 bridgehead atoms. The van der Waals surface area contributed by atoms with E-state index in [4.69, 9.17) is 9.47 Å². The van der Waals surface area contributed by atoms with Crippen molar-refractivity contribution in [2.24, 2.45) is 0 Å². The summed E-state index contributed by atoms with van der Waals surface area (Å²) in [6, 6.07) is 25.2. The maximum absolute atomic E-state index is 5.66. The Morgan fingerprint density at radius 3 is 2.08 bits per heavy atom. The molecular formula is C35H44N2O2. The maximum Gasteiger partial charge on any atom is 0.122 e. The Hall–Kier alpha value is -2.82. The van der Waals surface area contributed by atoms with Crippen LogP contribution in [-0.2, 0) is 30.2 Å². The van der Waals surface area contributed by atoms with Crippen LogP contribution >= 0.6 is 0 Å². The topological polar surface area (TPSA) is 33.7 Å². The lowest BCUT2D eigenvalue weighted by molar-refractivity contribution is 0.0799. The molecule has 7 rings (SSSR count). The zero-order chi connectivity index (χ0) is 27.0. The zero-order valence-corrected chi connectivity index (χ0v) is 24.1. The number of piperidine rings is 2. The van der Waals surface area contributed by atoms with E-state index in [9.17, 15) is 0 Å². The Labute approximate surface area is 234 Å². The molecule has 4 heteroatoms. The van der Waals surface area contributed by atoms with Crippen LogP contribution in [0.2, 0.25) is 0 Å². The third-order valence-corrected chi connectivity index (χ3v) is 10.1. The first-order valence-electron chi connectivity index (χ1n) is 14.8. The number of fused-ring (bicyclic) bond motifs is 8. The summed E-state index contributed by atoms with van der Waals surface area (Å²) in [6.07, 6.45) is 7.24. The number of nitrogens with one attached hydrogen (secondary N) is 1. The summed E-state index contributed by atoms with van der Waals surface area (Å²) in [7, 11) is 3.57. The number of hydrogen-bond acceptors (Lipinski definition) is 4. The minimum atomic E-state index is 0.306. The van der Waals surface area contributed by atoms with Crippen molar-refractivity contribution in [1.82, 2.24) is 10.2 Å². The smallest absolute Gasteiger partial charge is 0.122 e. The monoisotopic (exact) mass is 524 g/mol. The van der Waals surface area contributed by atoms with Crippen molar-refractivity contribution in [1.29, 1.82) is 0 Å². The normalized spacial score (nSPS) is 28.8. The van der Waals surface area contributed by atoms with Gasteiger partial charge in [-0.25, -0.2) is 0 Å². The van der Waals surface area contributed by atoms with E-state index in [2.05, 4.69) is 90.8 Å². The first-order valence-corrected chi connectivity index (χ1v) is 14.8. The third-order valence-electron chi connectivity index (χ3n) is 10.1. The molecule has 0 amide bonds. The second-order valence-corrected chi connectivity index (χ2v) is 12.7. The van der Waals surface area contributed by atoms with Crippen molar-refractivity contribution < 1.29 is 9.47 Å². The minimum Gasteiger partial charge on any atom is -0.496 e. The van der Waals surface area contributed by atoms with Crippen molar-refractivity contribution in [2.75, 3.05) is 27.3 Å². The second-order valence-electron chi connectivity index (χ2n) is 12.7. The Balaban J connectivity index is 0.000000151. The molecule has 206 valence electrons. The van der Waals surface area contributed by atoms with Crippen LogP contribution in [0.3, 0.4) is 0 Å². The summed E-state index contributed by atoms with van der Waals surface area (Å²) < 4.78 is 11.2. The molecule has 0 radical (unpaired) electrons. The Kier molecular flexibility index (Phi) is 7.20. The number of hydrogen-bond donors (Lipinski definition) is 1. The molecular weight excluding hydrogens is 480 g/mol. The largest absolute Gasteiger partial charge is 0.496 e. The molecule has 2 aliphatic carbocycles. The molecule has 2 aliphatic heterocycles. The molecule has 0 saturated carbocycles. The van der Waals surface area contributed by atoms with Gasteiger partial charge in [-0.2, -0.15) is 0 Å². The first kappa shape index (κ1) is 26.4. The van der Waals surface area contributed by atoms with Crippen LogP contribution in [0.15, 0.2) is 66.7 Å². The predicted octanol–water partition coefficient (Wildman–Crippen LogP) is 6.43. The van der Waals surface area contributed by atoms with E-state index in [0.29, 0.717) is 22.9 Å². The van der Waals surface area contributed by atoms with Gasteiger partial charge >= 0.3 is 0 Å². The number of methoxy groups -OCH3 is 2. The lowest BCUT2D eigenvalue weighted by atomic mass is 9.65. The van der Waals surface area contributed by atoms with E-state index in [1.807, 2.05) is 0 Å². The molecule has 4 unspecified atom stereocenters. The summed E-state index contributed by atoms with van der Waals surface area (Å²) >= 11 is 0. The van der Waals surface area contributed by atoms with Crippen LogP contribution in [0.1, 0.15) is 67.3 Å². The van der Waals surface area contributed by atoms with Gasteiger partial charge in [-0.05, 0) is 102 Å².